The normalized spacial score (nSPS) is 11.1. The number of hydrogen-bond donors (Lipinski definition) is 2. The first kappa shape index (κ1) is 18.6. The first-order valence-electron chi connectivity index (χ1n) is 8.52. The molecule has 2 N–H and O–H groups in total. The van der Waals surface area contributed by atoms with Crippen LogP contribution in [-0.2, 0) is 4.79 Å². The molecule has 0 spiro atoms. The number of aryl methyl sites for hydroxylation is 2. The highest BCUT2D eigenvalue weighted by Crippen LogP contribution is 2.17. The van der Waals surface area contributed by atoms with Gasteiger partial charge in [0.1, 0.15) is 5.70 Å². The van der Waals surface area contributed by atoms with Crippen molar-refractivity contribution in [2.24, 2.45) is 0 Å². The molecule has 3 rings (SSSR count). The van der Waals surface area contributed by atoms with Gasteiger partial charge in [-0.2, -0.15) is 0 Å². The van der Waals surface area contributed by atoms with Crippen LogP contribution in [0, 0.1) is 13.8 Å². The molecule has 27 heavy (non-hydrogen) atoms. The van der Waals surface area contributed by atoms with Gasteiger partial charge in [-0.1, -0.05) is 30.3 Å². The minimum atomic E-state index is -0.363. The lowest BCUT2D eigenvalue weighted by Crippen LogP contribution is -2.30. The summed E-state index contributed by atoms with van der Waals surface area (Å²) >= 11 is 1.50. The molecule has 1 heterocycles. The Hall–Kier alpha value is -3.18. The van der Waals surface area contributed by atoms with Crippen LogP contribution in [0.25, 0.3) is 6.08 Å². The molecule has 0 aliphatic rings. The molecule has 2 amide bonds. The van der Waals surface area contributed by atoms with Gasteiger partial charge in [0, 0.05) is 16.1 Å². The van der Waals surface area contributed by atoms with E-state index in [9.17, 15) is 9.59 Å². The van der Waals surface area contributed by atoms with Crippen LogP contribution in [0.1, 0.15) is 26.4 Å². The molecule has 1 aromatic heterocycles. The SMILES string of the molecule is Cc1cc(C)cc(NC(=O)/C(=C/c2cccs2)NC(=O)c2ccccc2)c1. The Bertz CT molecular complexity index is 957. The molecule has 5 heteroatoms. The third-order valence-corrected chi connectivity index (χ3v) is 4.66. The van der Waals surface area contributed by atoms with Crippen molar-refractivity contribution in [3.8, 4) is 0 Å². The zero-order valence-corrected chi connectivity index (χ0v) is 16.0. The summed E-state index contributed by atoms with van der Waals surface area (Å²) in [5.74, 6) is -0.688. The van der Waals surface area contributed by atoms with Gasteiger partial charge in [-0.3, -0.25) is 9.59 Å². The topological polar surface area (TPSA) is 58.2 Å². The zero-order valence-electron chi connectivity index (χ0n) is 15.2. The molecule has 0 saturated heterocycles. The summed E-state index contributed by atoms with van der Waals surface area (Å²) in [7, 11) is 0. The lowest BCUT2D eigenvalue weighted by atomic mass is 10.1. The summed E-state index contributed by atoms with van der Waals surface area (Å²) < 4.78 is 0. The number of hydrogen-bond acceptors (Lipinski definition) is 3. The van der Waals surface area contributed by atoms with Gasteiger partial charge in [0.15, 0.2) is 0 Å². The Morgan fingerprint density at radius 1 is 0.926 bits per heavy atom. The molecular formula is C22H20N2O2S. The van der Waals surface area contributed by atoms with Crippen LogP contribution in [0.4, 0.5) is 5.69 Å². The van der Waals surface area contributed by atoms with Gasteiger partial charge in [-0.05, 0) is 66.8 Å². The first-order chi connectivity index (χ1) is 13.0. The fraction of sp³-hybridized carbons (Fsp3) is 0.0909. The number of thiophene rings is 1. The molecule has 0 radical (unpaired) electrons. The van der Waals surface area contributed by atoms with E-state index in [1.54, 1.807) is 30.3 Å². The molecule has 0 bridgehead atoms. The molecule has 3 aromatic rings. The Balaban J connectivity index is 1.85. The van der Waals surface area contributed by atoms with Gasteiger partial charge in [-0.25, -0.2) is 0 Å². The smallest absolute Gasteiger partial charge is 0.272 e. The molecule has 0 unspecified atom stereocenters. The third kappa shape index (κ3) is 5.15. The predicted octanol–water partition coefficient (Wildman–Crippen LogP) is 4.77. The fourth-order valence-corrected chi connectivity index (χ4v) is 3.36. The number of rotatable bonds is 5. The summed E-state index contributed by atoms with van der Waals surface area (Å²) in [5.41, 5.74) is 3.51. The number of benzene rings is 2. The number of anilines is 1. The molecule has 0 aliphatic carbocycles. The van der Waals surface area contributed by atoms with Crippen molar-refractivity contribution in [1.29, 1.82) is 0 Å². The van der Waals surface area contributed by atoms with Gasteiger partial charge in [0.2, 0.25) is 0 Å². The van der Waals surface area contributed by atoms with E-state index >= 15 is 0 Å². The number of amides is 2. The fourth-order valence-electron chi connectivity index (χ4n) is 2.70. The Morgan fingerprint density at radius 2 is 1.63 bits per heavy atom. The van der Waals surface area contributed by atoms with Crippen LogP contribution in [-0.4, -0.2) is 11.8 Å². The molecular weight excluding hydrogens is 356 g/mol. The molecule has 136 valence electrons. The maximum atomic E-state index is 12.8. The van der Waals surface area contributed by atoms with E-state index in [0.717, 1.165) is 16.0 Å². The van der Waals surface area contributed by atoms with Gasteiger partial charge in [0.05, 0.1) is 0 Å². The van der Waals surface area contributed by atoms with E-state index < -0.39 is 0 Å². The van der Waals surface area contributed by atoms with Crippen LogP contribution in [0.5, 0.6) is 0 Å². The van der Waals surface area contributed by atoms with Crippen molar-refractivity contribution in [2.75, 3.05) is 5.32 Å². The van der Waals surface area contributed by atoms with Crippen molar-refractivity contribution in [3.05, 3.63) is 93.3 Å². The highest BCUT2D eigenvalue weighted by atomic mass is 32.1. The van der Waals surface area contributed by atoms with Crippen molar-refractivity contribution in [3.63, 3.8) is 0 Å². The van der Waals surface area contributed by atoms with Gasteiger partial charge in [-0.15, -0.1) is 11.3 Å². The van der Waals surface area contributed by atoms with E-state index in [0.29, 0.717) is 11.3 Å². The first-order valence-corrected chi connectivity index (χ1v) is 9.40. The van der Waals surface area contributed by atoms with Crippen molar-refractivity contribution in [1.82, 2.24) is 5.32 Å². The zero-order chi connectivity index (χ0) is 19.2. The minimum Gasteiger partial charge on any atom is -0.321 e. The lowest BCUT2D eigenvalue weighted by Gasteiger charge is -2.12. The highest BCUT2D eigenvalue weighted by molar-refractivity contribution is 7.10. The van der Waals surface area contributed by atoms with E-state index in [2.05, 4.69) is 10.6 Å². The van der Waals surface area contributed by atoms with Crippen molar-refractivity contribution >= 4 is 34.9 Å². The number of nitrogens with one attached hydrogen (secondary N) is 2. The van der Waals surface area contributed by atoms with Gasteiger partial charge >= 0.3 is 0 Å². The largest absolute Gasteiger partial charge is 0.321 e. The van der Waals surface area contributed by atoms with E-state index in [4.69, 9.17) is 0 Å². The Labute approximate surface area is 162 Å². The number of carbonyl (C=O) groups excluding carboxylic acids is 2. The summed E-state index contributed by atoms with van der Waals surface area (Å²) in [6.07, 6.45) is 1.68. The molecule has 0 saturated carbocycles. The molecule has 4 nitrogen and oxygen atoms in total. The second kappa shape index (κ2) is 8.47. The molecule has 0 fully saturated rings. The van der Waals surface area contributed by atoms with E-state index in [-0.39, 0.29) is 17.5 Å². The standard InChI is InChI=1S/C22H20N2O2S/c1-15-11-16(2)13-18(12-15)23-22(26)20(14-19-9-6-10-27-19)24-21(25)17-7-4-3-5-8-17/h3-14H,1-2H3,(H,23,26)(H,24,25)/b20-14-. The highest BCUT2D eigenvalue weighted by Gasteiger charge is 2.15. The second-order valence-corrected chi connectivity index (χ2v) is 7.20. The Morgan fingerprint density at radius 3 is 2.26 bits per heavy atom. The molecule has 0 aliphatic heterocycles. The van der Waals surface area contributed by atoms with Gasteiger partial charge in [0.25, 0.3) is 11.8 Å². The molecule has 2 aromatic carbocycles. The van der Waals surface area contributed by atoms with E-state index in [1.807, 2.05) is 55.6 Å². The maximum Gasteiger partial charge on any atom is 0.272 e. The maximum absolute atomic E-state index is 12.8. The van der Waals surface area contributed by atoms with Crippen LogP contribution in [0.15, 0.2) is 71.7 Å². The van der Waals surface area contributed by atoms with E-state index in [1.165, 1.54) is 11.3 Å². The van der Waals surface area contributed by atoms with Crippen LogP contribution < -0.4 is 10.6 Å². The van der Waals surface area contributed by atoms with Crippen LogP contribution in [0.2, 0.25) is 0 Å². The predicted molar refractivity (Wildman–Crippen MR) is 111 cm³/mol. The molecule has 0 atom stereocenters. The summed E-state index contributed by atoms with van der Waals surface area (Å²) in [6.45, 7) is 3.95. The average molecular weight is 376 g/mol. The monoisotopic (exact) mass is 376 g/mol. The lowest BCUT2D eigenvalue weighted by molar-refractivity contribution is -0.113. The van der Waals surface area contributed by atoms with Crippen LogP contribution >= 0.6 is 11.3 Å². The summed E-state index contributed by atoms with van der Waals surface area (Å²) in [4.78, 5) is 26.2. The second-order valence-electron chi connectivity index (χ2n) is 6.22. The Kier molecular flexibility index (Phi) is 5.84. The van der Waals surface area contributed by atoms with Crippen molar-refractivity contribution in [2.45, 2.75) is 13.8 Å². The summed E-state index contributed by atoms with van der Waals surface area (Å²) in [5, 5.41) is 7.53. The number of carbonyl (C=O) groups is 2. The van der Waals surface area contributed by atoms with Gasteiger partial charge < -0.3 is 10.6 Å². The third-order valence-electron chi connectivity index (χ3n) is 3.84. The quantitative estimate of drug-likeness (QED) is 0.630. The van der Waals surface area contributed by atoms with Crippen molar-refractivity contribution < 1.29 is 9.59 Å². The average Bonchev–Trinajstić information content (AvgIpc) is 3.14. The summed E-state index contributed by atoms with van der Waals surface area (Å²) in [6, 6.07) is 18.4. The van der Waals surface area contributed by atoms with Crippen LogP contribution in [0.3, 0.4) is 0 Å². The minimum absolute atomic E-state index is 0.200.